The molecule has 4 aromatic rings. The molecule has 7 nitrogen and oxygen atoms in total. The smallest absolute Gasteiger partial charge is 0.227 e. The molecule has 0 N–H and O–H groups in total. The molecule has 7 heteroatoms. The van der Waals surface area contributed by atoms with E-state index in [2.05, 4.69) is 81.6 Å². The Kier molecular flexibility index (Phi) is 7.97. The third kappa shape index (κ3) is 5.82. The Labute approximate surface area is 243 Å². The lowest BCUT2D eigenvalue weighted by molar-refractivity contribution is -0.137. The maximum Gasteiger partial charge on any atom is 0.227 e. The van der Waals surface area contributed by atoms with Crippen LogP contribution in [-0.2, 0) is 17.9 Å². The summed E-state index contributed by atoms with van der Waals surface area (Å²) in [5, 5.41) is 0. The molecule has 3 heterocycles. The van der Waals surface area contributed by atoms with Gasteiger partial charge in [0, 0.05) is 45.0 Å². The number of amides is 1. The van der Waals surface area contributed by atoms with E-state index in [0.29, 0.717) is 5.91 Å². The van der Waals surface area contributed by atoms with E-state index in [0.717, 1.165) is 87.8 Å². The van der Waals surface area contributed by atoms with Crippen LogP contribution in [0.1, 0.15) is 35.4 Å². The molecular weight excluding hydrogens is 510 g/mol. The van der Waals surface area contributed by atoms with Gasteiger partial charge in [0.25, 0.3) is 0 Å². The van der Waals surface area contributed by atoms with E-state index in [-0.39, 0.29) is 5.92 Å². The molecule has 41 heavy (non-hydrogen) atoms. The van der Waals surface area contributed by atoms with Crippen molar-refractivity contribution in [2.45, 2.75) is 39.8 Å². The van der Waals surface area contributed by atoms with Crippen molar-refractivity contribution < 1.29 is 9.53 Å². The minimum Gasteiger partial charge on any atom is -0.497 e. The van der Waals surface area contributed by atoms with Crippen molar-refractivity contribution in [3.8, 4) is 5.75 Å². The number of carbonyl (C=O) groups is 1. The van der Waals surface area contributed by atoms with Gasteiger partial charge in [-0.2, -0.15) is 0 Å². The molecule has 0 unspecified atom stereocenters. The Balaban J connectivity index is 1.12. The number of methoxy groups -OCH3 is 1. The number of piperidine rings is 1. The van der Waals surface area contributed by atoms with E-state index < -0.39 is 0 Å². The first kappa shape index (κ1) is 27.3. The van der Waals surface area contributed by atoms with Gasteiger partial charge in [-0.25, -0.2) is 4.98 Å². The van der Waals surface area contributed by atoms with Gasteiger partial charge >= 0.3 is 0 Å². The van der Waals surface area contributed by atoms with Crippen LogP contribution in [-0.4, -0.2) is 71.6 Å². The van der Waals surface area contributed by atoms with Gasteiger partial charge in [-0.1, -0.05) is 36.4 Å². The Bertz CT molecular complexity index is 1500. The fourth-order valence-electron chi connectivity index (χ4n) is 6.44. The van der Waals surface area contributed by atoms with Crippen LogP contribution < -0.4 is 9.64 Å². The van der Waals surface area contributed by atoms with Crippen LogP contribution in [0.15, 0.2) is 66.7 Å². The molecule has 214 valence electrons. The van der Waals surface area contributed by atoms with Crippen molar-refractivity contribution in [3.63, 3.8) is 0 Å². The zero-order valence-electron chi connectivity index (χ0n) is 24.6. The highest BCUT2D eigenvalue weighted by Gasteiger charge is 2.32. The largest absolute Gasteiger partial charge is 0.497 e. The van der Waals surface area contributed by atoms with Gasteiger partial charge in [-0.05, 0) is 80.3 Å². The van der Waals surface area contributed by atoms with Crippen LogP contribution in [0.2, 0.25) is 0 Å². The average molecular weight is 552 g/mol. The number of imidazole rings is 1. The number of carbonyl (C=O) groups excluding carboxylic acids is 1. The summed E-state index contributed by atoms with van der Waals surface area (Å²) in [5.74, 6) is 2.29. The number of hydrogen-bond acceptors (Lipinski definition) is 5. The topological polar surface area (TPSA) is 53.8 Å². The number of anilines is 1. The number of benzene rings is 3. The highest BCUT2D eigenvalue weighted by Crippen LogP contribution is 2.27. The van der Waals surface area contributed by atoms with Crippen LogP contribution in [0.3, 0.4) is 0 Å². The number of fused-ring (bicyclic) bond motifs is 1. The van der Waals surface area contributed by atoms with Crippen LogP contribution in [0, 0.1) is 19.8 Å². The van der Waals surface area contributed by atoms with Gasteiger partial charge in [0.15, 0.2) is 0 Å². The molecule has 1 amide bonds. The molecule has 0 bridgehead atoms. The monoisotopic (exact) mass is 551 g/mol. The minimum absolute atomic E-state index is 0.0513. The summed E-state index contributed by atoms with van der Waals surface area (Å²) in [6.07, 6.45) is 2.01. The van der Waals surface area contributed by atoms with E-state index in [1.54, 1.807) is 7.11 Å². The third-order valence-electron chi connectivity index (χ3n) is 8.96. The zero-order valence-corrected chi connectivity index (χ0v) is 24.6. The van der Waals surface area contributed by atoms with E-state index in [1.807, 2.05) is 18.2 Å². The Morgan fingerprint density at radius 3 is 2.46 bits per heavy atom. The number of ether oxygens (including phenoxy) is 1. The summed E-state index contributed by atoms with van der Waals surface area (Å²) in [4.78, 5) is 25.7. The van der Waals surface area contributed by atoms with Crippen LogP contribution in [0.4, 0.5) is 5.69 Å². The normalized spacial score (nSPS) is 18.2. The summed E-state index contributed by atoms with van der Waals surface area (Å²) in [6, 6.07) is 23.1. The lowest BCUT2D eigenvalue weighted by Gasteiger charge is -2.40. The molecule has 0 aliphatic carbocycles. The second-order valence-electron chi connectivity index (χ2n) is 11.6. The van der Waals surface area contributed by atoms with Crippen molar-refractivity contribution >= 4 is 22.6 Å². The first-order chi connectivity index (χ1) is 20.0. The van der Waals surface area contributed by atoms with Crippen LogP contribution in [0.25, 0.3) is 11.0 Å². The average Bonchev–Trinajstić information content (AvgIpc) is 3.35. The quantitative estimate of drug-likeness (QED) is 0.313. The van der Waals surface area contributed by atoms with Crippen molar-refractivity contribution in [1.29, 1.82) is 0 Å². The number of piperazine rings is 1. The van der Waals surface area contributed by atoms with Crippen LogP contribution >= 0.6 is 0 Å². The second-order valence-corrected chi connectivity index (χ2v) is 11.6. The lowest BCUT2D eigenvalue weighted by atomic mass is 9.96. The summed E-state index contributed by atoms with van der Waals surface area (Å²) in [6.45, 7) is 11.0. The summed E-state index contributed by atoms with van der Waals surface area (Å²) >= 11 is 0. The first-order valence-corrected chi connectivity index (χ1v) is 14.9. The second kappa shape index (κ2) is 12.0. The number of aryl methyl sites for hydroxylation is 1. The lowest BCUT2D eigenvalue weighted by Crippen LogP contribution is -2.52. The maximum absolute atomic E-state index is 13.7. The first-order valence-electron chi connectivity index (χ1n) is 14.9. The summed E-state index contributed by atoms with van der Waals surface area (Å²) < 4.78 is 7.68. The van der Waals surface area contributed by atoms with Gasteiger partial charge < -0.3 is 19.1 Å². The van der Waals surface area contributed by atoms with Crippen molar-refractivity contribution in [1.82, 2.24) is 19.4 Å². The summed E-state index contributed by atoms with van der Waals surface area (Å²) in [5.41, 5.74) is 7.33. The maximum atomic E-state index is 13.7. The number of rotatable bonds is 7. The highest BCUT2D eigenvalue weighted by molar-refractivity contribution is 5.79. The number of nitrogens with zero attached hydrogens (tertiary/aromatic N) is 5. The Hall–Kier alpha value is -3.84. The predicted octanol–water partition coefficient (Wildman–Crippen LogP) is 5.27. The van der Waals surface area contributed by atoms with E-state index >= 15 is 0 Å². The van der Waals surface area contributed by atoms with Crippen molar-refractivity contribution in [3.05, 3.63) is 89.2 Å². The number of para-hydroxylation sites is 2. The van der Waals surface area contributed by atoms with E-state index in [9.17, 15) is 4.79 Å². The minimum atomic E-state index is 0.0513. The standard InChI is InChI=1S/C34H41N5O2/c1-25-8-6-12-31(26(25)2)37-18-20-38(21-19-37)34(40)28-9-7-17-36(23-28)24-33-35-30-10-4-5-11-32(30)39(33)22-27-13-15-29(41-3)16-14-27/h4-6,8,10-16,28H,7,9,17-24H2,1-3H3/t28-/m0/s1. The van der Waals surface area contributed by atoms with Crippen molar-refractivity contribution in [2.75, 3.05) is 51.3 Å². The van der Waals surface area contributed by atoms with E-state index in [4.69, 9.17) is 9.72 Å². The van der Waals surface area contributed by atoms with Gasteiger partial charge in [0.1, 0.15) is 11.6 Å². The third-order valence-corrected chi connectivity index (χ3v) is 8.96. The predicted molar refractivity (Wildman–Crippen MR) is 165 cm³/mol. The molecule has 2 aliphatic heterocycles. The van der Waals surface area contributed by atoms with Crippen LogP contribution in [0.5, 0.6) is 5.75 Å². The molecule has 0 spiro atoms. The SMILES string of the molecule is COc1ccc(Cn2c(CN3CCC[C@H](C(=O)N4CCN(c5cccc(C)c5C)CC4)C3)nc3ccccc32)cc1. The van der Waals surface area contributed by atoms with Gasteiger partial charge in [-0.3, -0.25) is 9.69 Å². The van der Waals surface area contributed by atoms with Gasteiger partial charge in [-0.15, -0.1) is 0 Å². The van der Waals surface area contributed by atoms with Gasteiger partial charge in [0.2, 0.25) is 5.91 Å². The fourth-order valence-corrected chi connectivity index (χ4v) is 6.44. The molecular formula is C34H41N5O2. The molecule has 0 radical (unpaired) electrons. The Morgan fingerprint density at radius 1 is 0.902 bits per heavy atom. The number of hydrogen-bond donors (Lipinski definition) is 0. The van der Waals surface area contributed by atoms with E-state index in [1.165, 1.54) is 22.4 Å². The zero-order chi connectivity index (χ0) is 28.3. The highest BCUT2D eigenvalue weighted by atomic mass is 16.5. The molecule has 6 rings (SSSR count). The summed E-state index contributed by atoms with van der Waals surface area (Å²) in [7, 11) is 1.69. The molecule has 1 atom stereocenters. The number of likely N-dealkylation sites (tertiary alicyclic amines) is 1. The molecule has 2 aliphatic rings. The Morgan fingerprint density at radius 2 is 1.68 bits per heavy atom. The molecule has 1 aromatic heterocycles. The van der Waals surface area contributed by atoms with Gasteiger partial charge in [0.05, 0.1) is 30.6 Å². The van der Waals surface area contributed by atoms with Crippen molar-refractivity contribution in [2.24, 2.45) is 5.92 Å². The number of aromatic nitrogens is 2. The molecule has 0 saturated carbocycles. The molecule has 2 saturated heterocycles. The molecule has 3 aromatic carbocycles. The fraction of sp³-hybridized carbons (Fsp3) is 0.412. The molecule has 2 fully saturated rings.